The van der Waals surface area contributed by atoms with Gasteiger partial charge in [0, 0.05) is 49.8 Å². The summed E-state index contributed by atoms with van der Waals surface area (Å²) in [5, 5.41) is 8.17. The number of hydrogen-bond donors (Lipinski definition) is 1. The number of rotatable bonds is 4. The van der Waals surface area contributed by atoms with Crippen LogP contribution >= 0.6 is 11.5 Å². The molecule has 2 aromatic rings. The standard InChI is InChI=1S/C15H22N6OS/c1-10(2)13-17-15(23-19-13)21-7-4-5-11(9-21)16-14(22)12-6-8-20(3)18-12/h6,8,10-11H,4-5,7,9H2,1-3H3,(H,16,22). The molecule has 0 aliphatic carbocycles. The molecule has 3 heterocycles. The summed E-state index contributed by atoms with van der Waals surface area (Å²) in [6, 6.07) is 1.85. The number of amides is 1. The SMILES string of the molecule is CC(C)c1nsc(N2CCCC(NC(=O)c3ccn(C)n3)C2)n1. The predicted octanol–water partition coefficient (Wildman–Crippen LogP) is 1.79. The lowest BCUT2D eigenvalue weighted by molar-refractivity contribution is 0.0927. The van der Waals surface area contributed by atoms with Crippen LogP contribution in [0.1, 0.15) is 48.9 Å². The molecule has 124 valence electrons. The molecule has 8 heteroatoms. The number of aromatic nitrogens is 4. The third kappa shape index (κ3) is 3.69. The Morgan fingerprint density at radius 3 is 2.96 bits per heavy atom. The van der Waals surface area contributed by atoms with Crippen molar-refractivity contribution in [2.75, 3.05) is 18.0 Å². The molecule has 23 heavy (non-hydrogen) atoms. The Hall–Kier alpha value is -1.96. The van der Waals surface area contributed by atoms with Crippen molar-refractivity contribution in [2.24, 2.45) is 7.05 Å². The second-order valence-electron chi connectivity index (χ2n) is 6.22. The molecule has 1 fully saturated rings. The van der Waals surface area contributed by atoms with E-state index >= 15 is 0 Å². The zero-order valence-corrected chi connectivity index (χ0v) is 14.5. The fourth-order valence-corrected chi connectivity index (χ4v) is 3.50. The van der Waals surface area contributed by atoms with Crippen molar-refractivity contribution < 1.29 is 4.79 Å². The predicted molar refractivity (Wildman–Crippen MR) is 89.9 cm³/mol. The van der Waals surface area contributed by atoms with E-state index in [1.807, 2.05) is 0 Å². The van der Waals surface area contributed by atoms with Gasteiger partial charge in [-0.25, -0.2) is 4.98 Å². The highest BCUT2D eigenvalue weighted by molar-refractivity contribution is 7.09. The highest BCUT2D eigenvalue weighted by Gasteiger charge is 2.25. The van der Waals surface area contributed by atoms with Gasteiger partial charge in [0.25, 0.3) is 5.91 Å². The highest BCUT2D eigenvalue weighted by atomic mass is 32.1. The van der Waals surface area contributed by atoms with Crippen molar-refractivity contribution in [1.82, 2.24) is 24.5 Å². The Morgan fingerprint density at radius 1 is 1.48 bits per heavy atom. The van der Waals surface area contributed by atoms with Crippen LogP contribution < -0.4 is 10.2 Å². The Morgan fingerprint density at radius 2 is 2.30 bits per heavy atom. The Labute approximate surface area is 139 Å². The number of piperidine rings is 1. The second-order valence-corrected chi connectivity index (χ2v) is 6.95. The first-order valence-corrected chi connectivity index (χ1v) is 8.69. The Bertz CT molecular complexity index is 679. The molecule has 1 saturated heterocycles. The van der Waals surface area contributed by atoms with E-state index in [1.54, 1.807) is 24.0 Å². The van der Waals surface area contributed by atoms with Crippen LogP contribution in [0.5, 0.6) is 0 Å². The summed E-state index contributed by atoms with van der Waals surface area (Å²) >= 11 is 1.44. The van der Waals surface area contributed by atoms with Crippen LogP contribution in [0.4, 0.5) is 5.13 Å². The van der Waals surface area contributed by atoms with Gasteiger partial charge in [0.05, 0.1) is 0 Å². The summed E-state index contributed by atoms with van der Waals surface area (Å²) in [4.78, 5) is 19.1. The van der Waals surface area contributed by atoms with E-state index in [0.29, 0.717) is 11.6 Å². The summed E-state index contributed by atoms with van der Waals surface area (Å²) in [5.41, 5.74) is 0.461. The summed E-state index contributed by atoms with van der Waals surface area (Å²) < 4.78 is 6.05. The minimum Gasteiger partial charge on any atom is -0.346 e. The fraction of sp³-hybridized carbons (Fsp3) is 0.600. The van der Waals surface area contributed by atoms with E-state index in [-0.39, 0.29) is 11.9 Å². The maximum atomic E-state index is 12.2. The molecule has 0 bridgehead atoms. The van der Waals surface area contributed by atoms with Gasteiger partial charge < -0.3 is 10.2 Å². The minimum atomic E-state index is -0.113. The van der Waals surface area contributed by atoms with Crippen LogP contribution in [0.25, 0.3) is 0 Å². The molecule has 1 amide bonds. The van der Waals surface area contributed by atoms with Gasteiger partial charge in [0.2, 0.25) is 5.13 Å². The van der Waals surface area contributed by atoms with Crippen LogP contribution in [0.2, 0.25) is 0 Å². The first kappa shape index (κ1) is 15.9. The molecule has 1 atom stereocenters. The fourth-order valence-electron chi connectivity index (χ4n) is 2.65. The molecule has 0 spiro atoms. The molecule has 3 rings (SSSR count). The van der Waals surface area contributed by atoms with E-state index < -0.39 is 0 Å². The van der Waals surface area contributed by atoms with Gasteiger partial charge in [-0.1, -0.05) is 13.8 Å². The molecule has 1 N–H and O–H groups in total. The van der Waals surface area contributed by atoms with E-state index in [2.05, 4.69) is 38.5 Å². The molecule has 2 aromatic heterocycles. The quantitative estimate of drug-likeness (QED) is 0.922. The van der Waals surface area contributed by atoms with Crippen molar-refractivity contribution >= 4 is 22.6 Å². The topological polar surface area (TPSA) is 75.9 Å². The van der Waals surface area contributed by atoms with Crippen LogP contribution in [-0.2, 0) is 7.05 Å². The molecule has 1 aliphatic heterocycles. The summed E-state index contributed by atoms with van der Waals surface area (Å²) in [7, 11) is 1.81. The van der Waals surface area contributed by atoms with Crippen molar-refractivity contribution in [3.05, 3.63) is 23.8 Å². The van der Waals surface area contributed by atoms with Crippen molar-refractivity contribution in [3.63, 3.8) is 0 Å². The number of nitrogens with zero attached hydrogens (tertiary/aromatic N) is 5. The summed E-state index contributed by atoms with van der Waals surface area (Å²) in [6.45, 7) is 5.92. The number of aryl methyl sites for hydroxylation is 1. The average molecular weight is 334 g/mol. The maximum Gasteiger partial charge on any atom is 0.272 e. The van der Waals surface area contributed by atoms with E-state index in [0.717, 1.165) is 36.9 Å². The van der Waals surface area contributed by atoms with Crippen molar-refractivity contribution in [2.45, 2.75) is 38.6 Å². The third-order valence-corrected chi connectivity index (χ3v) is 4.71. The zero-order valence-electron chi connectivity index (χ0n) is 13.7. The molecule has 1 unspecified atom stereocenters. The van der Waals surface area contributed by atoms with Crippen LogP contribution in [0, 0.1) is 0 Å². The number of anilines is 1. The molecule has 0 saturated carbocycles. The monoisotopic (exact) mass is 334 g/mol. The van der Waals surface area contributed by atoms with E-state index in [9.17, 15) is 4.79 Å². The van der Waals surface area contributed by atoms with Crippen molar-refractivity contribution in [3.8, 4) is 0 Å². The van der Waals surface area contributed by atoms with Gasteiger partial charge in [-0.05, 0) is 18.9 Å². The van der Waals surface area contributed by atoms with Gasteiger partial charge in [-0.2, -0.15) is 9.47 Å². The highest BCUT2D eigenvalue weighted by Crippen LogP contribution is 2.24. The Kier molecular flexibility index (Phi) is 4.61. The van der Waals surface area contributed by atoms with Gasteiger partial charge in [0.15, 0.2) is 0 Å². The number of carbonyl (C=O) groups is 1. The lowest BCUT2D eigenvalue weighted by atomic mass is 10.1. The Balaban J connectivity index is 1.62. The largest absolute Gasteiger partial charge is 0.346 e. The molecular weight excluding hydrogens is 312 g/mol. The lowest BCUT2D eigenvalue weighted by Gasteiger charge is -2.32. The van der Waals surface area contributed by atoms with Gasteiger partial charge >= 0.3 is 0 Å². The van der Waals surface area contributed by atoms with Gasteiger partial charge in [-0.3, -0.25) is 9.48 Å². The zero-order chi connectivity index (χ0) is 16.4. The van der Waals surface area contributed by atoms with E-state index in [4.69, 9.17) is 0 Å². The summed E-state index contributed by atoms with van der Waals surface area (Å²) in [5.74, 6) is 1.12. The molecule has 0 radical (unpaired) electrons. The summed E-state index contributed by atoms with van der Waals surface area (Å²) in [6.07, 6.45) is 3.78. The maximum absolute atomic E-state index is 12.2. The number of nitrogens with one attached hydrogen (secondary N) is 1. The van der Waals surface area contributed by atoms with Crippen LogP contribution in [0.3, 0.4) is 0 Å². The van der Waals surface area contributed by atoms with Crippen LogP contribution in [0.15, 0.2) is 12.3 Å². The average Bonchev–Trinajstić information content (AvgIpc) is 3.16. The van der Waals surface area contributed by atoms with E-state index in [1.165, 1.54) is 11.5 Å². The van der Waals surface area contributed by atoms with Crippen LogP contribution in [-0.4, -0.2) is 44.2 Å². The minimum absolute atomic E-state index is 0.113. The van der Waals surface area contributed by atoms with Crippen molar-refractivity contribution in [1.29, 1.82) is 0 Å². The first-order chi connectivity index (χ1) is 11.0. The first-order valence-electron chi connectivity index (χ1n) is 7.92. The smallest absolute Gasteiger partial charge is 0.272 e. The van der Waals surface area contributed by atoms with Gasteiger partial charge in [0.1, 0.15) is 11.5 Å². The molecular formula is C15H22N6OS. The number of hydrogen-bond acceptors (Lipinski definition) is 6. The third-order valence-electron chi connectivity index (χ3n) is 3.92. The lowest BCUT2D eigenvalue weighted by Crippen LogP contribution is -2.48. The molecule has 0 aromatic carbocycles. The number of carbonyl (C=O) groups excluding carboxylic acids is 1. The molecule has 1 aliphatic rings. The molecule has 7 nitrogen and oxygen atoms in total. The normalized spacial score (nSPS) is 18.4. The van der Waals surface area contributed by atoms with Gasteiger partial charge in [-0.15, -0.1) is 0 Å². The second kappa shape index (κ2) is 6.66.